The van der Waals surface area contributed by atoms with Gasteiger partial charge in [-0.25, -0.2) is 9.59 Å². The molecule has 0 spiro atoms. The summed E-state index contributed by atoms with van der Waals surface area (Å²) in [5.41, 5.74) is 12.9. The van der Waals surface area contributed by atoms with Crippen molar-refractivity contribution in [3.8, 4) is 0 Å². The number of Topliss-reactive ketones (excluding diaryl/α,β-unsaturated/α-hetero) is 1. The minimum atomic E-state index is -0.896. The molecule has 2 heterocycles. The van der Waals surface area contributed by atoms with Crippen molar-refractivity contribution < 1.29 is 33.3 Å². The van der Waals surface area contributed by atoms with Crippen LogP contribution in [0, 0.1) is 0 Å². The van der Waals surface area contributed by atoms with Gasteiger partial charge in [0.1, 0.15) is 17.9 Å². The smallest absolute Gasteiger partial charge is 0.318 e. The Kier molecular flexibility index (Phi) is 21.3. The van der Waals surface area contributed by atoms with Crippen LogP contribution in [0.15, 0.2) is 69.7 Å². The number of aliphatic hydroxyl groups excluding tert-OH is 1. The van der Waals surface area contributed by atoms with E-state index in [2.05, 4.69) is 30.9 Å². The molecule has 56 heavy (non-hydrogen) atoms. The average molecular weight is 781 g/mol. The monoisotopic (exact) mass is 780 g/mol. The third-order valence-corrected chi connectivity index (χ3v) is 8.36. The Morgan fingerprint density at radius 1 is 0.750 bits per heavy atom. The zero-order valence-electron chi connectivity index (χ0n) is 31.5. The summed E-state index contributed by atoms with van der Waals surface area (Å²) in [5, 5.41) is 22.3. The van der Waals surface area contributed by atoms with Crippen molar-refractivity contribution in [2.24, 2.45) is 11.5 Å². The number of nitrogens with one attached hydrogen (secondary N) is 2. The fourth-order valence-corrected chi connectivity index (χ4v) is 5.02. The highest BCUT2D eigenvalue weighted by Gasteiger charge is 2.28. The van der Waals surface area contributed by atoms with E-state index in [9.17, 15) is 19.2 Å². The third kappa shape index (κ3) is 15.2. The van der Waals surface area contributed by atoms with Crippen molar-refractivity contribution in [1.29, 1.82) is 0 Å². The molecule has 0 aliphatic heterocycles. The maximum atomic E-state index is 12.8. The van der Waals surface area contributed by atoms with Gasteiger partial charge in [0.2, 0.25) is 17.7 Å². The van der Waals surface area contributed by atoms with Crippen LogP contribution >= 0.6 is 0 Å². The van der Waals surface area contributed by atoms with Crippen LogP contribution in [-0.2, 0) is 22.7 Å². The lowest BCUT2D eigenvalue weighted by Crippen LogP contribution is -2.42. The summed E-state index contributed by atoms with van der Waals surface area (Å²) in [5.74, 6) is 0.384. The maximum Gasteiger partial charge on any atom is 0.318 e. The van der Waals surface area contributed by atoms with Crippen molar-refractivity contribution in [2.75, 3.05) is 19.7 Å². The number of hydrogen-bond acceptors (Lipinski definition) is 12. The molecule has 7 N–H and O–H groups in total. The quantitative estimate of drug-likeness (QED) is 0.0861. The second-order valence-corrected chi connectivity index (χ2v) is 12.7. The van der Waals surface area contributed by atoms with Crippen LogP contribution in [0.2, 0.25) is 0 Å². The number of primary amides is 1. The van der Waals surface area contributed by atoms with E-state index in [4.69, 9.17) is 25.6 Å². The second-order valence-electron chi connectivity index (χ2n) is 12.7. The molecule has 0 unspecified atom stereocenters. The van der Waals surface area contributed by atoms with Crippen LogP contribution in [0.25, 0.3) is 0 Å². The van der Waals surface area contributed by atoms with Crippen molar-refractivity contribution in [3.05, 3.63) is 95.2 Å². The number of rotatable bonds is 18. The van der Waals surface area contributed by atoms with E-state index in [1.54, 1.807) is 9.80 Å². The van der Waals surface area contributed by atoms with Crippen LogP contribution in [0.3, 0.4) is 0 Å². The molecule has 0 aliphatic carbocycles. The van der Waals surface area contributed by atoms with Gasteiger partial charge in [-0.05, 0) is 38.3 Å². The van der Waals surface area contributed by atoms with Gasteiger partial charge >= 0.3 is 12.1 Å². The number of aromatic nitrogens is 4. The molecule has 4 rings (SSSR count). The van der Waals surface area contributed by atoms with E-state index in [1.165, 1.54) is 6.92 Å². The molecule has 2 aromatic heterocycles. The van der Waals surface area contributed by atoms with Gasteiger partial charge in [0.05, 0.1) is 19.1 Å². The Balaban J connectivity index is 0.000000541. The first-order valence-electron chi connectivity index (χ1n) is 17.9. The summed E-state index contributed by atoms with van der Waals surface area (Å²) in [6, 6.07) is 16.2. The van der Waals surface area contributed by atoms with Gasteiger partial charge in [-0.15, -0.1) is 0 Å². The van der Waals surface area contributed by atoms with Crippen molar-refractivity contribution in [3.63, 3.8) is 0 Å². The first kappa shape index (κ1) is 48.3. The Morgan fingerprint density at radius 2 is 1.18 bits per heavy atom. The molecule has 0 saturated heterocycles. The lowest BCUT2D eigenvalue weighted by Gasteiger charge is -2.24. The van der Waals surface area contributed by atoms with Gasteiger partial charge in [0, 0.05) is 38.5 Å². The minimum Gasteiger partial charge on any atom is -0.394 e. The van der Waals surface area contributed by atoms with Gasteiger partial charge in [-0.1, -0.05) is 99.7 Å². The summed E-state index contributed by atoms with van der Waals surface area (Å²) in [6.45, 7) is 10.8. The summed E-state index contributed by atoms with van der Waals surface area (Å²) >= 11 is 0. The Hall–Kier alpha value is -5.68. The molecular formula is C39H60N10O7. The molecule has 0 bridgehead atoms. The van der Waals surface area contributed by atoms with Gasteiger partial charge in [0.15, 0.2) is 11.6 Å². The van der Waals surface area contributed by atoms with Gasteiger partial charge in [-0.2, -0.15) is 9.97 Å². The van der Waals surface area contributed by atoms with Crippen molar-refractivity contribution in [1.82, 2.24) is 40.7 Å². The van der Waals surface area contributed by atoms with Gasteiger partial charge in [0.25, 0.3) is 0 Å². The number of aliphatic hydroxyl groups is 1. The Morgan fingerprint density at radius 3 is 1.57 bits per heavy atom. The zero-order valence-corrected chi connectivity index (χ0v) is 31.5. The van der Waals surface area contributed by atoms with Gasteiger partial charge in [-0.3, -0.25) is 9.59 Å². The standard InChI is InChI=1S/C20H28N4O3.C17H24N6O4.2CH4/c1-5-14(3)18-22-19(27-23-18)17(12-15(4)25)21-20(26)24(6-2)13-16-10-8-7-9-11-16;1-2-23(9-11-6-4-3-5-7-11)17(26)20-13(8-14(19)25)16-21-15(22-27-16)12(18)10-24;;/h7-11,14,17H,5-6,12-13H2,1-4H3,(H,21,26);3-7,12-13,24H,2,8-10,18H2,1H3,(H2,19,25)(H,20,26);2*1H4/t14-,17-;12-,13-;;/m00../s1. The van der Waals surface area contributed by atoms with E-state index in [0.717, 1.165) is 17.5 Å². The lowest BCUT2D eigenvalue weighted by molar-refractivity contribution is -0.119. The average Bonchev–Trinajstić information content (AvgIpc) is 3.87. The van der Waals surface area contributed by atoms with Crippen LogP contribution in [0.4, 0.5) is 9.59 Å². The first-order valence-corrected chi connectivity index (χ1v) is 17.9. The number of ketones is 1. The fourth-order valence-electron chi connectivity index (χ4n) is 5.02. The number of nitrogens with two attached hydrogens (primary N) is 2. The normalized spacial score (nSPS) is 12.6. The summed E-state index contributed by atoms with van der Waals surface area (Å²) < 4.78 is 10.4. The molecule has 0 saturated carbocycles. The van der Waals surface area contributed by atoms with Crippen molar-refractivity contribution >= 4 is 23.8 Å². The predicted molar refractivity (Wildman–Crippen MR) is 211 cm³/mol. The SMILES string of the molecule is C.C.CCN(Cc1ccccc1)C(=O)N[C@@H](CC(N)=O)c1nc([C@@H](N)CO)no1.CC[C@H](C)c1noc([C@H](CC(C)=O)NC(=O)N(CC)Cc2ccccc2)n1. The Bertz CT molecular complexity index is 1620. The van der Waals surface area contributed by atoms with Crippen molar-refractivity contribution in [2.45, 2.75) is 106 Å². The van der Waals surface area contributed by atoms with E-state index in [-0.39, 0.29) is 69.6 Å². The number of carbonyl (C=O) groups excluding carboxylic acids is 4. The molecule has 0 aliphatic rings. The number of hydrogen-bond donors (Lipinski definition) is 5. The molecule has 0 fully saturated rings. The van der Waals surface area contributed by atoms with Crippen LogP contribution in [0.1, 0.15) is 127 Å². The number of carbonyl (C=O) groups is 4. The van der Waals surface area contributed by atoms with Gasteiger partial charge < -0.3 is 46.1 Å². The lowest BCUT2D eigenvalue weighted by atomic mass is 10.1. The molecule has 2 aromatic carbocycles. The number of urea groups is 2. The first-order chi connectivity index (χ1) is 25.9. The highest BCUT2D eigenvalue weighted by atomic mass is 16.5. The molecule has 4 aromatic rings. The molecule has 4 atom stereocenters. The zero-order chi connectivity index (χ0) is 39.6. The number of amides is 5. The van der Waals surface area contributed by atoms with E-state index in [0.29, 0.717) is 32.0 Å². The highest BCUT2D eigenvalue weighted by molar-refractivity contribution is 5.79. The molecule has 5 amide bonds. The summed E-state index contributed by atoms with van der Waals surface area (Å²) in [7, 11) is 0. The summed E-state index contributed by atoms with van der Waals surface area (Å²) in [4.78, 5) is 60.2. The molecule has 17 heteroatoms. The second kappa shape index (κ2) is 24.7. The largest absolute Gasteiger partial charge is 0.394 e. The topological polar surface area (TPSA) is 249 Å². The maximum absolute atomic E-state index is 12.8. The van der Waals surface area contributed by atoms with E-state index < -0.39 is 30.1 Å². The van der Waals surface area contributed by atoms with E-state index >= 15 is 0 Å². The summed E-state index contributed by atoms with van der Waals surface area (Å²) in [6.07, 6.45) is 0.769. The molecular weight excluding hydrogens is 720 g/mol. The molecule has 17 nitrogen and oxygen atoms in total. The predicted octanol–water partition coefficient (Wildman–Crippen LogP) is 5.32. The van der Waals surface area contributed by atoms with Crippen LogP contribution < -0.4 is 22.1 Å². The highest BCUT2D eigenvalue weighted by Crippen LogP contribution is 2.21. The third-order valence-electron chi connectivity index (χ3n) is 8.36. The van der Waals surface area contributed by atoms with Crippen LogP contribution in [-0.4, -0.2) is 78.6 Å². The molecule has 0 radical (unpaired) electrons. The fraction of sp³-hybridized carbons (Fsp3) is 0.487. The Labute approximate surface area is 329 Å². The van der Waals surface area contributed by atoms with E-state index in [1.807, 2.05) is 88.4 Å². The minimum absolute atomic E-state index is 0. The van der Waals surface area contributed by atoms with Crippen LogP contribution in [0.5, 0.6) is 0 Å². The number of benzene rings is 2. The molecule has 308 valence electrons. The number of nitrogens with zero attached hydrogens (tertiary/aromatic N) is 6.